The van der Waals surface area contributed by atoms with Crippen LogP contribution in [0.15, 0.2) is 21.5 Å². The van der Waals surface area contributed by atoms with Crippen molar-refractivity contribution in [3.05, 3.63) is 27.7 Å². The Morgan fingerprint density at radius 1 is 1.52 bits per heavy atom. The Labute approximate surface area is 132 Å². The van der Waals surface area contributed by atoms with Gasteiger partial charge in [0.25, 0.3) is 0 Å². The maximum Gasteiger partial charge on any atom is 0.335 e. The van der Waals surface area contributed by atoms with Crippen molar-refractivity contribution in [1.82, 2.24) is 4.31 Å². The molecule has 3 N–H and O–H groups in total. The monoisotopic (exact) mass is 376 g/mol. The van der Waals surface area contributed by atoms with E-state index in [4.69, 9.17) is 10.8 Å². The topological polar surface area (TPSA) is 101 Å². The number of carboxylic acids is 1. The van der Waals surface area contributed by atoms with Crippen LogP contribution in [0.2, 0.25) is 0 Å². The number of nitrogens with zero attached hydrogens (tertiary/aromatic N) is 1. The highest BCUT2D eigenvalue weighted by atomic mass is 79.9. The number of carbonyl (C=O) groups is 1. The van der Waals surface area contributed by atoms with E-state index in [9.17, 15) is 13.2 Å². The molecule has 0 amide bonds. The first-order chi connectivity index (χ1) is 9.77. The SMILES string of the molecule is Cc1cc(C(=O)O)cc(S(=O)(=O)N2CCC(CN)C2)c1Br. The lowest BCUT2D eigenvalue weighted by Crippen LogP contribution is -2.30. The summed E-state index contributed by atoms with van der Waals surface area (Å²) in [6.07, 6.45) is 0.727. The fourth-order valence-corrected chi connectivity index (χ4v) is 4.93. The lowest BCUT2D eigenvalue weighted by atomic mass is 10.1. The van der Waals surface area contributed by atoms with Gasteiger partial charge in [-0.25, -0.2) is 13.2 Å². The molecule has 1 aliphatic heterocycles. The molecule has 0 saturated carbocycles. The minimum atomic E-state index is -3.72. The fraction of sp³-hybridized carbons (Fsp3) is 0.462. The Balaban J connectivity index is 2.47. The van der Waals surface area contributed by atoms with Crippen LogP contribution in [0.25, 0.3) is 0 Å². The van der Waals surface area contributed by atoms with Crippen LogP contribution >= 0.6 is 15.9 Å². The van der Waals surface area contributed by atoms with E-state index in [2.05, 4.69) is 15.9 Å². The second-order valence-electron chi connectivity index (χ2n) is 5.16. The molecule has 0 spiro atoms. The summed E-state index contributed by atoms with van der Waals surface area (Å²) in [6.45, 7) is 2.90. The first-order valence-electron chi connectivity index (χ1n) is 6.51. The number of benzene rings is 1. The molecule has 1 aromatic rings. The zero-order chi connectivity index (χ0) is 15.8. The third-order valence-corrected chi connectivity index (χ3v) is 6.87. The molecule has 0 aliphatic carbocycles. The molecular formula is C13H17BrN2O4S. The Morgan fingerprint density at radius 2 is 2.19 bits per heavy atom. The number of aromatic carboxylic acids is 1. The van der Waals surface area contributed by atoms with Crippen LogP contribution in [0.3, 0.4) is 0 Å². The number of aryl methyl sites for hydroxylation is 1. The van der Waals surface area contributed by atoms with Crippen molar-refractivity contribution >= 4 is 31.9 Å². The number of nitrogens with two attached hydrogens (primary N) is 1. The molecular weight excluding hydrogens is 360 g/mol. The first kappa shape index (κ1) is 16.4. The van der Waals surface area contributed by atoms with E-state index in [-0.39, 0.29) is 16.4 Å². The van der Waals surface area contributed by atoms with Crippen molar-refractivity contribution in [3.63, 3.8) is 0 Å². The summed E-state index contributed by atoms with van der Waals surface area (Å²) in [7, 11) is -3.72. The molecule has 1 saturated heterocycles. The highest BCUT2D eigenvalue weighted by molar-refractivity contribution is 9.10. The van der Waals surface area contributed by atoms with Crippen LogP contribution in [-0.2, 0) is 10.0 Å². The lowest BCUT2D eigenvalue weighted by Gasteiger charge is -2.18. The molecule has 1 unspecified atom stereocenters. The van der Waals surface area contributed by atoms with E-state index in [1.165, 1.54) is 16.4 Å². The molecule has 2 rings (SSSR count). The van der Waals surface area contributed by atoms with Crippen molar-refractivity contribution < 1.29 is 18.3 Å². The molecule has 0 bridgehead atoms. The van der Waals surface area contributed by atoms with Crippen molar-refractivity contribution in [1.29, 1.82) is 0 Å². The summed E-state index contributed by atoms with van der Waals surface area (Å²) in [5.41, 5.74) is 6.12. The molecule has 1 heterocycles. The number of sulfonamides is 1. The molecule has 0 radical (unpaired) electrons. The van der Waals surface area contributed by atoms with Crippen molar-refractivity contribution in [2.45, 2.75) is 18.2 Å². The molecule has 8 heteroatoms. The van der Waals surface area contributed by atoms with E-state index >= 15 is 0 Å². The van der Waals surface area contributed by atoms with Gasteiger partial charge in [-0.2, -0.15) is 4.31 Å². The van der Waals surface area contributed by atoms with Crippen molar-refractivity contribution in [2.24, 2.45) is 11.7 Å². The average molecular weight is 377 g/mol. The minimum absolute atomic E-state index is 0.00225. The predicted octanol–water partition coefficient (Wildman–Crippen LogP) is 1.43. The summed E-state index contributed by atoms with van der Waals surface area (Å²) in [4.78, 5) is 11.1. The third-order valence-electron chi connectivity index (χ3n) is 3.67. The van der Waals surface area contributed by atoms with Gasteiger partial charge in [-0.3, -0.25) is 0 Å². The quantitative estimate of drug-likeness (QED) is 0.827. The van der Waals surface area contributed by atoms with Gasteiger partial charge in [-0.15, -0.1) is 0 Å². The summed E-state index contributed by atoms with van der Waals surface area (Å²) in [6, 6.07) is 2.64. The van der Waals surface area contributed by atoms with Gasteiger partial charge in [0.1, 0.15) is 0 Å². The smallest absolute Gasteiger partial charge is 0.335 e. The zero-order valence-corrected chi connectivity index (χ0v) is 13.9. The van der Waals surface area contributed by atoms with Gasteiger partial charge in [0.05, 0.1) is 10.5 Å². The average Bonchev–Trinajstić information content (AvgIpc) is 2.90. The van der Waals surface area contributed by atoms with Crippen molar-refractivity contribution in [2.75, 3.05) is 19.6 Å². The van der Waals surface area contributed by atoms with Crippen LogP contribution in [0.1, 0.15) is 22.3 Å². The first-order valence-corrected chi connectivity index (χ1v) is 8.74. The molecule has 1 fully saturated rings. The van der Waals surface area contributed by atoms with Gasteiger partial charge in [0.2, 0.25) is 10.0 Å². The summed E-state index contributed by atoms with van der Waals surface area (Å²) < 4.78 is 27.2. The van der Waals surface area contributed by atoms with Gasteiger partial charge in [0, 0.05) is 17.6 Å². The van der Waals surface area contributed by atoms with Gasteiger partial charge >= 0.3 is 5.97 Å². The zero-order valence-electron chi connectivity index (χ0n) is 11.5. The maximum atomic E-state index is 12.7. The number of carboxylic acid groups (broad SMARTS) is 1. The molecule has 1 atom stereocenters. The van der Waals surface area contributed by atoms with E-state index in [1.54, 1.807) is 6.92 Å². The second kappa shape index (κ2) is 6.04. The number of halogens is 1. The Bertz CT molecular complexity index is 675. The van der Waals surface area contributed by atoms with E-state index < -0.39 is 16.0 Å². The van der Waals surface area contributed by atoms with E-state index in [0.29, 0.717) is 29.7 Å². The lowest BCUT2D eigenvalue weighted by molar-refractivity contribution is 0.0696. The minimum Gasteiger partial charge on any atom is -0.478 e. The summed E-state index contributed by atoms with van der Waals surface area (Å²) in [5.74, 6) is -0.995. The number of rotatable bonds is 4. The van der Waals surface area contributed by atoms with Crippen LogP contribution in [0.4, 0.5) is 0 Å². The summed E-state index contributed by atoms with van der Waals surface area (Å²) in [5, 5.41) is 9.10. The van der Waals surface area contributed by atoms with Gasteiger partial charge in [0.15, 0.2) is 0 Å². The standard InChI is InChI=1S/C13H17BrN2O4S/c1-8-4-10(13(17)18)5-11(12(8)14)21(19,20)16-3-2-9(6-15)7-16/h4-5,9H,2-3,6-7,15H2,1H3,(H,17,18). The van der Waals surface area contributed by atoms with Gasteiger partial charge in [-0.1, -0.05) is 0 Å². The van der Waals surface area contributed by atoms with Crippen molar-refractivity contribution in [3.8, 4) is 0 Å². The van der Waals surface area contributed by atoms with E-state index in [1.807, 2.05) is 0 Å². The molecule has 0 aromatic heterocycles. The Hall–Kier alpha value is -0.960. The molecule has 1 aromatic carbocycles. The second-order valence-corrected chi connectivity index (χ2v) is 7.86. The van der Waals surface area contributed by atoms with Gasteiger partial charge in [-0.05, 0) is 59.4 Å². The third kappa shape index (κ3) is 3.13. The fourth-order valence-electron chi connectivity index (χ4n) is 2.40. The van der Waals surface area contributed by atoms with Crippen LogP contribution in [0.5, 0.6) is 0 Å². The van der Waals surface area contributed by atoms with Crippen LogP contribution < -0.4 is 5.73 Å². The molecule has 116 valence electrons. The van der Waals surface area contributed by atoms with Gasteiger partial charge < -0.3 is 10.8 Å². The van der Waals surface area contributed by atoms with Crippen LogP contribution in [-0.4, -0.2) is 43.4 Å². The molecule has 1 aliphatic rings. The highest BCUT2D eigenvalue weighted by Crippen LogP contribution is 2.32. The number of hydrogen-bond acceptors (Lipinski definition) is 4. The molecule has 21 heavy (non-hydrogen) atoms. The largest absolute Gasteiger partial charge is 0.478 e. The van der Waals surface area contributed by atoms with Crippen LogP contribution in [0, 0.1) is 12.8 Å². The van der Waals surface area contributed by atoms with E-state index in [0.717, 1.165) is 6.42 Å². The normalized spacial score (nSPS) is 19.9. The Kier molecular flexibility index (Phi) is 4.72. The molecule has 6 nitrogen and oxygen atoms in total. The highest BCUT2D eigenvalue weighted by Gasteiger charge is 2.34. The number of hydrogen-bond donors (Lipinski definition) is 2. The Morgan fingerprint density at radius 3 is 2.71 bits per heavy atom. The summed E-state index contributed by atoms with van der Waals surface area (Å²) >= 11 is 3.26. The maximum absolute atomic E-state index is 12.7. The predicted molar refractivity (Wildman–Crippen MR) is 81.8 cm³/mol.